The van der Waals surface area contributed by atoms with Crippen LogP contribution >= 0.6 is 0 Å². The second-order valence-electron chi connectivity index (χ2n) is 7.93. The van der Waals surface area contributed by atoms with Crippen molar-refractivity contribution in [2.75, 3.05) is 38.0 Å². The summed E-state index contributed by atoms with van der Waals surface area (Å²) < 4.78 is 27.5. The highest BCUT2D eigenvalue weighted by molar-refractivity contribution is 7.87. The molecule has 0 bridgehead atoms. The number of hydrogen-bond donors (Lipinski definition) is 1. The summed E-state index contributed by atoms with van der Waals surface area (Å²) in [5.41, 5.74) is 0.360. The lowest BCUT2D eigenvalue weighted by Gasteiger charge is -2.27. The summed E-state index contributed by atoms with van der Waals surface area (Å²) in [6.07, 6.45) is 1.78. The number of anilines is 1. The number of amides is 1. The van der Waals surface area contributed by atoms with Gasteiger partial charge >= 0.3 is 0 Å². The number of nitrogens with zero attached hydrogens (tertiary/aromatic N) is 1. The fraction of sp³-hybridized carbons (Fsp3) is 0.778. The number of methoxy groups -OCH3 is 1. The van der Waals surface area contributed by atoms with Crippen molar-refractivity contribution in [2.45, 2.75) is 50.7 Å². The zero-order chi connectivity index (χ0) is 19.4. The van der Waals surface area contributed by atoms with Gasteiger partial charge in [0.2, 0.25) is 11.8 Å². The van der Waals surface area contributed by atoms with Crippen molar-refractivity contribution >= 4 is 22.6 Å². The summed E-state index contributed by atoms with van der Waals surface area (Å²) in [7, 11) is 0.331. The smallest absolute Gasteiger partial charge is 0.245 e. The Morgan fingerprint density at radius 2 is 2.00 bits per heavy atom. The van der Waals surface area contributed by atoms with Gasteiger partial charge in [-0.1, -0.05) is 19.0 Å². The number of rotatable bonds is 8. The monoisotopic (exact) mass is 386 g/mol. The minimum Gasteiger partial charge on any atom is -0.384 e. The molecule has 1 unspecified atom stereocenters. The third-order valence-corrected chi connectivity index (χ3v) is 6.89. The molecular weight excluding hydrogens is 356 g/mol. The number of carbonyl (C=O) groups excluding carboxylic acids is 1. The Labute approximate surface area is 157 Å². The molecule has 1 N–H and O–H groups in total. The number of carbonyl (C=O) groups is 1. The molecule has 1 atom stereocenters. The first kappa shape index (κ1) is 21.1. The standard InChI is InChI=1S/C18H30N2O5S/c1-17(2,12-23-5)14-10-15(25-20-14)19-16(21)18(3,4)26(22)11-13-6-8-24-9-7-13/h10,13H,6-9,11-12H2,1-5H3,(H,19,21). The van der Waals surface area contributed by atoms with E-state index in [1.807, 2.05) is 13.8 Å². The molecule has 8 heteroatoms. The summed E-state index contributed by atoms with van der Waals surface area (Å²) in [5, 5.41) is 6.73. The summed E-state index contributed by atoms with van der Waals surface area (Å²) in [6.45, 7) is 9.24. The van der Waals surface area contributed by atoms with Gasteiger partial charge in [-0.25, -0.2) is 0 Å². The van der Waals surface area contributed by atoms with Crippen molar-refractivity contribution in [1.29, 1.82) is 0 Å². The van der Waals surface area contributed by atoms with Crippen molar-refractivity contribution in [1.82, 2.24) is 5.16 Å². The first-order valence-electron chi connectivity index (χ1n) is 8.90. The first-order chi connectivity index (χ1) is 12.2. The number of nitrogens with one attached hydrogen (secondary N) is 1. The Morgan fingerprint density at radius 3 is 2.62 bits per heavy atom. The van der Waals surface area contributed by atoms with Crippen LogP contribution in [0.2, 0.25) is 0 Å². The molecule has 1 amide bonds. The van der Waals surface area contributed by atoms with Crippen molar-refractivity contribution in [3.63, 3.8) is 0 Å². The molecule has 1 fully saturated rings. The van der Waals surface area contributed by atoms with E-state index >= 15 is 0 Å². The van der Waals surface area contributed by atoms with Gasteiger partial charge < -0.3 is 14.0 Å². The topological polar surface area (TPSA) is 90.7 Å². The Hall–Kier alpha value is -1.25. The molecule has 0 radical (unpaired) electrons. The van der Waals surface area contributed by atoms with Crippen molar-refractivity contribution in [2.24, 2.45) is 5.92 Å². The highest BCUT2D eigenvalue weighted by Crippen LogP contribution is 2.27. The van der Waals surface area contributed by atoms with Crippen LogP contribution in [-0.4, -0.2) is 52.7 Å². The fourth-order valence-corrected chi connectivity index (χ4v) is 4.23. The molecule has 1 aliphatic heterocycles. The fourth-order valence-electron chi connectivity index (χ4n) is 2.79. The number of aromatic nitrogens is 1. The molecule has 1 saturated heterocycles. The maximum absolute atomic E-state index is 12.8. The minimum atomic E-state index is -1.29. The predicted octanol–water partition coefficient (Wildman–Crippen LogP) is 2.49. The molecular formula is C18H30N2O5S. The SMILES string of the molecule is COCC(C)(C)c1cc(NC(=O)C(C)(C)S(=O)CC2CCOCC2)on1. The highest BCUT2D eigenvalue weighted by atomic mass is 32.2. The third-order valence-electron chi connectivity index (χ3n) is 4.79. The Balaban J connectivity index is 1.99. The van der Waals surface area contributed by atoms with Gasteiger partial charge in [-0.05, 0) is 32.6 Å². The van der Waals surface area contributed by atoms with Gasteiger partial charge in [-0.15, -0.1) is 0 Å². The van der Waals surface area contributed by atoms with Crippen molar-refractivity contribution < 1.29 is 23.0 Å². The Kier molecular flexibility index (Phi) is 6.99. The van der Waals surface area contributed by atoms with Crippen LogP contribution in [0.5, 0.6) is 0 Å². The van der Waals surface area contributed by atoms with Crippen LogP contribution in [0, 0.1) is 5.92 Å². The molecule has 1 aromatic heterocycles. The van der Waals surface area contributed by atoms with Crippen LogP contribution in [0.4, 0.5) is 5.88 Å². The Morgan fingerprint density at radius 1 is 1.35 bits per heavy atom. The van der Waals surface area contributed by atoms with Gasteiger partial charge in [0, 0.05) is 48.4 Å². The Bertz CT molecular complexity index is 635. The normalized spacial score (nSPS) is 17.9. The van der Waals surface area contributed by atoms with E-state index in [1.165, 1.54) is 0 Å². The number of ether oxygens (including phenoxy) is 2. The van der Waals surface area contributed by atoms with Crippen molar-refractivity contribution in [3.05, 3.63) is 11.8 Å². The molecule has 0 aliphatic carbocycles. The van der Waals surface area contributed by atoms with E-state index in [1.54, 1.807) is 27.0 Å². The molecule has 0 saturated carbocycles. The summed E-state index contributed by atoms with van der Waals surface area (Å²) >= 11 is 0. The number of hydrogen-bond acceptors (Lipinski definition) is 6. The molecule has 0 spiro atoms. The minimum absolute atomic E-state index is 0.255. The van der Waals surface area contributed by atoms with Gasteiger partial charge in [0.15, 0.2) is 0 Å². The van der Waals surface area contributed by atoms with E-state index in [9.17, 15) is 9.00 Å². The zero-order valence-electron chi connectivity index (χ0n) is 16.3. The van der Waals surface area contributed by atoms with Crippen molar-refractivity contribution in [3.8, 4) is 0 Å². The summed E-state index contributed by atoms with van der Waals surface area (Å²) in [6, 6.07) is 1.69. The maximum Gasteiger partial charge on any atom is 0.245 e. The van der Waals surface area contributed by atoms with Gasteiger partial charge in [0.25, 0.3) is 0 Å². The van der Waals surface area contributed by atoms with Gasteiger partial charge in [0.1, 0.15) is 4.75 Å². The molecule has 26 heavy (non-hydrogen) atoms. The van der Waals surface area contributed by atoms with E-state index in [2.05, 4.69) is 10.5 Å². The molecule has 148 valence electrons. The van der Waals surface area contributed by atoms with Crippen LogP contribution in [0.15, 0.2) is 10.6 Å². The highest BCUT2D eigenvalue weighted by Gasteiger charge is 2.37. The molecule has 2 rings (SSSR count). The van der Waals surface area contributed by atoms with Gasteiger partial charge in [0.05, 0.1) is 12.3 Å². The molecule has 1 aliphatic rings. The molecule has 2 heterocycles. The van der Waals surface area contributed by atoms with Crippen LogP contribution < -0.4 is 5.32 Å². The van der Waals surface area contributed by atoms with E-state index in [-0.39, 0.29) is 17.2 Å². The predicted molar refractivity (Wildman–Crippen MR) is 101 cm³/mol. The van der Waals surface area contributed by atoms with Crippen LogP contribution in [0.1, 0.15) is 46.2 Å². The van der Waals surface area contributed by atoms with E-state index in [0.29, 0.717) is 37.2 Å². The largest absolute Gasteiger partial charge is 0.384 e. The average Bonchev–Trinajstić information content (AvgIpc) is 3.05. The van der Waals surface area contributed by atoms with Gasteiger partial charge in [-0.2, -0.15) is 0 Å². The van der Waals surface area contributed by atoms with E-state index < -0.39 is 15.5 Å². The average molecular weight is 387 g/mol. The molecule has 7 nitrogen and oxygen atoms in total. The van der Waals surface area contributed by atoms with Gasteiger partial charge in [-0.3, -0.25) is 14.3 Å². The zero-order valence-corrected chi connectivity index (χ0v) is 17.1. The van der Waals surface area contributed by atoms with Crippen LogP contribution in [0.25, 0.3) is 0 Å². The lowest BCUT2D eigenvalue weighted by molar-refractivity contribution is -0.117. The molecule has 1 aromatic rings. The summed E-state index contributed by atoms with van der Waals surface area (Å²) in [4.78, 5) is 12.7. The second-order valence-corrected chi connectivity index (χ2v) is 9.97. The quantitative estimate of drug-likeness (QED) is 0.738. The van der Waals surface area contributed by atoms with Crippen LogP contribution in [-0.2, 0) is 30.5 Å². The molecule has 0 aromatic carbocycles. The second kappa shape index (κ2) is 8.63. The van der Waals surface area contributed by atoms with E-state index in [0.717, 1.165) is 12.8 Å². The summed E-state index contributed by atoms with van der Waals surface area (Å²) in [5.74, 6) is 0.760. The lowest BCUT2D eigenvalue weighted by Crippen LogP contribution is -2.43. The lowest BCUT2D eigenvalue weighted by atomic mass is 9.90. The first-order valence-corrected chi connectivity index (χ1v) is 10.2. The van der Waals surface area contributed by atoms with Crippen LogP contribution in [0.3, 0.4) is 0 Å². The van der Waals surface area contributed by atoms with E-state index in [4.69, 9.17) is 14.0 Å². The third kappa shape index (κ3) is 5.14. The maximum atomic E-state index is 12.8.